The van der Waals surface area contributed by atoms with Crippen molar-refractivity contribution in [1.82, 2.24) is 5.32 Å². The zero-order chi connectivity index (χ0) is 12.9. The molecular weight excluding hydrogens is 242 g/mol. The third-order valence-corrected chi connectivity index (χ3v) is 2.88. The molecule has 0 radical (unpaired) electrons. The van der Waals surface area contributed by atoms with E-state index in [9.17, 15) is 0 Å². The molecule has 1 rings (SSSR count). The van der Waals surface area contributed by atoms with Crippen molar-refractivity contribution in [2.24, 2.45) is 0 Å². The number of ether oxygens (including phenoxy) is 1. The van der Waals surface area contributed by atoms with Crippen LogP contribution in [0.25, 0.3) is 0 Å². The van der Waals surface area contributed by atoms with Crippen LogP contribution in [0.5, 0.6) is 5.75 Å². The molecule has 96 valence electrons. The second-order valence-corrected chi connectivity index (χ2v) is 4.62. The minimum absolute atomic E-state index is 0.146. The Morgan fingerprint density at radius 1 is 1.35 bits per heavy atom. The molecule has 17 heavy (non-hydrogen) atoms. The second kappa shape index (κ2) is 6.21. The first-order chi connectivity index (χ1) is 8.04. The monoisotopic (exact) mass is 259 g/mol. The number of aliphatic hydroxyl groups is 2. The summed E-state index contributed by atoms with van der Waals surface area (Å²) < 4.78 is 5.21. The predicted molar refractivity (Wildman–Crippen MR) is 67.4 cm³/mol. The fraction of sp³-hybridized carbons (Fsp3) is 0.500. The lowest BCUT2D eigenvalue weighted by Gasteiger charge is -2.26. The van der Waals surface area contributed by atoms with E-state index in [2.05, 4.69) is 5.32 Å². The van der Waals surface area contributed by atoms with Gasteiger partial charge in [-0.3, -0.25) is 0 Å². The number of aliphatic hydroxyl groups excluding tert-OH is 2. The van der Waals surface area contributed by atoms with Crippen molar-refractivity contribution in [2.75, 3.05) is 20.3 Å². The molecule has 0 aliphatic heterocycles. The van der Waals surface area contributed by atoms with Crippen molar-refractivity contribution in [3.05, 3.63) is 28.8 Å². The van der Waals surface area contributed by atoms with E-state index in [0.29, 0.717) is 11.6 Å². The van der Waals surface area contributed by atoms with E-state index in [1.807, 2.05) is 0 Å². The Balaban J connectivity index is 2.77. The van der Waals surface area contributed by atoms with E-state index < -0.39 is 5.54 Å². The van der Waals surface area contributed by atoms with E-state index in [1.54, 1.807) is 32.2 Å². The van der Waals surface area contributed by atoms with Crippen LogP contribution in [-0.4, -0.2) is 36.1 Å². The summed E-state index contributed by atoms with van der Waals surface area (Å²) in [4.78, 5) is 0. The number of nitrogens with one attached hydrogen (secondary N) is 1. The van der Waals surface area contributed by atoms with Crippen LogP contribution in [0.15, 0.2) is 18.2 Å². The maximum Gasteiger partial charge on any atom is 0.123 e. The highest BCUT2D eigenvalue weighted by Gasteiger charge is 2.21. The van der Waals surface area contributed by atoms with Gasteiger partial charge in [0.1, 0.15) is 5.75 Å². The zero-order valence-electron chi connectivity index (χ0n) is 10.0. The van der Waals surface area contributed by atoms with E-state index in [4.69, 9.17) is 26.6 Å². The molecule has 0 saturated heterocycles. The van der Waals surface area contributed by atoms with E-state index in [1.165, 1.54) is 0 Å². The highest BCUT2D eigenvalue weighted by Crippen LogP contribution is 2.22. The fourth-order valence-electron chi connectivity index (χ4n) is 1.36. The number of hydrogen-bond donors (Lipinski definition) is 3. The van der Waals surface area contributed by atoms with Crippen LogP contribution in [0.1, 0.15) is 12.5 Å². The van der Waals surface area contributed by atoms with Crippen LogP contribution in [0, 0.1) is 0 Å². The fourth-order valence-corrected chi connectivity index (χ4v) is 1.55. The van der Waals surface area contributed by atoms with Crippen LogP contribution in [0.4, 0.5) is 0 Å². The van der Waals surface area contributed by atoms with Gasteiger partial charge in [-0.15, -0.1) is 0 Å². The summed E-state index contributed by atoms with van der Waals surface area (Å²) in [6, 6.07) is 5.33. The summed E-state index contributed by atoms with van der Waals surface area (Å²) >= 11 is 5.91. The molecule has 4 nitrogen and oxygen atoms in total. The van der Waals surface area contributed by atoms with Gasteiger partial charge >= 0.3 is 0 Å². The number of hydrogen-bond acceptors (Lipinski definition) is 4. The third-order valence-electron chi connectivity index (χ3n) is 2.65. The van der Waals surface area contributed by atoms with E-state index in [-0.39, 0.29) is 13.2 Å². The second-order valence-electron chi connectivity index (χ2n) is 4.19. The molecule has 1 aromatic rings. The minimum Gasteiger partial charge on any atom is -0.496 e. The lowest BCUT2D eigenvalue weighted by atomic mass is 10.0. The molecule has 0 heterocycles. The Kier molecular flexibility index (Phi) is 5.21. The van der Waals surface area contributed by atoms with Crippen molar-refractivity contribution in [3.8, 4) is 5.75 Å². The first kappa shape index (κ1) is 14.3. The van der Waals surface area contributed by atoms with Gasteiger partial charge in [-0.25, -0.2) is 0 Å². The van der Waals surface area contributed by atoms with Gasteiger partial charge < -0.3 is 20.3 Å². The van der Waals surface area contributed by atoms with E-state index >= 15 is 0 Å². The van der Waals surface area contributed by atoms with Crippen LogP contribution in [0.2, 0.25) is 5.02 Å². The van der Waals surface area contributed by atoms with Crippen molar-refractivity contribution >= 4 is 11.6 Å². The lowest BCUT2D eigenvalue weighted by molar-refractivity contribution is 0.103. The largest absolute Gasteiger partial charge is 0.496 e. The molecule has 0 fully saturated rings. The van der Waals surface area contributed by atoms with E-state index in [0.717, 1.165) is 11.3 Å². The van der Waals surface area contributed by atoms with Gasteiger partial charge in [0.15, 0.2) is 0 Å². The summed E-state index contributed by atoms with van der Waals surface area (Å²) in [5.74, 6) is 0.722. The molecule has 0 aromatic heterocycles. The quantitative estimate of drug-likeness (QED) is 0.718. The molecule has 5 heteroatoms. The van der Waals surface area contributed by atoms with Crippen molar-refractivity contribution in [3.63, 3.8) is 0 Å². The summed E-state index contributed by atoms with van der Waals surface area (Å²) in [5.41, 5.74) is 0.168. The molecule has 0 spiro atoms. The van der Waals surface area contributed by atoms with Crippen LogP contribution in [-0.2, 0) is 6.54 Å². The normalized spacial score (nSPS) is 11.6. The number of rotatable bonds is 6. The van der Waals surface area contributed by atoms with Gasteiger partial charge in [0.2, 0.25) is 0 Å². The first-order valence-electron chi connectivity index (χ1n) is 5.34. The number of benzene rings is 1. The van der Waals surface area contributed by atoms with Crippen LogP contribution < -0.4 is 10.1 Å². The smallest absolute Gasteiger partial charge is 0.123 e. The highest BCUT2D eigenvalue weighted by atomic mass is 35.5. The molecule has 0 aliphatic carbocycles. The van der Waals surface area contributed by atoms with Crippen molar-refractivity contribution in [2.45, 2.75) is 19.0 Å². The maximum atomic E-state index is 9.16. The Labute approximate surface area is 106 Å². The maximum absolute atomic E-state index is 9.16. The summed E-state index contributed by atoms with van der Waals surface area (Å²) in [5, 5.41) is 22.0. The van der Waals surface area contributed by atoms with Crippen LogP contribution in [0.3, 0.4) is 0 Å². The van der Waals surface area contributed by atoms with Crippen molar-refractivity contribution in [1.29, 1.82) is 0 Å². The predicted octanol–water partition coefficient (Wildman–Crippen LogP) is 1.18. The summed E-state index contributed by atoms with van der Waals surface area (Å²) in [6.07, 6.45) is 0. The van der Waals surface area contributed by atoms with Gasteiger partial charge in [-0.1, -0.05) is 11.6 Å². The Hall–Kier alpha value is -0.810. The molecule has 3 N–H and O–H groups in total. The summed E-state index contributed by atoms with van der Waals surface area (Å²) in [7, 11) is 1.59. The standard InChI is InChI=1S/C12H18ClNO3/c1-12(7-15,8-16)14-6-9-5-10(13)3-4-11(9)17-2/h3-5,14-16H,6-8H2,1-2H3. The van der Waals surface area contributed by atoms with Gasteiger partial charge in [0, 0.05) is 17.1 Å². The minimum atomic E-state index is -0.715. The van der Waals surface area contributed by atoms with Gasteiger partial charge in [-0.2, -0.15) is 0 Å². The number of halogens is 1. The van der Waals surface area contributed by atoms with Gasteiger partial charge in [-0.05, 0) is 25.1 Å². The van der Waals surface area contributed by atoms with Crippen LogP contribution >= 0.6 is 11.6 Å². The zero-order valence-corrected chi connectivity index (χ0v) is 10.8. The lowest BCUT2D eigenvalue weighted by Crippen LogP contribution is -2.48. The summed E-state index contributed by atoms with van der Waals surface area (Å²) in [6.45, 7) is 1.91. The molecule has 0 amide bonds. The molecule has 1 aromatic carbocycles. The molecule has 0 unspecified atom stereocenters. The molecular formula is C12H18ClNO3. The SMILES string of the molecule is COc1ccc(Cl)cc1CNC(C)(CO)CO. The molecule has 0 aliphatic rings. The van der Waals surface area contributed by atoms with Crippen molar-refractivity contribution < 1.29 is 14.9 Å². The molecule has 0 saturated carbocycles. The molecule has 0 atom stereocenters. The average Bonchev–Trinajstić information content (AvgIpc) is 2.36. The van der Waals surface area contributed by atoms with Gasteiger partial charge in [0.05, 0.1) is 25.9 Å². The third kappa shape index (κ3) is 3.85. The average molecular weight is 260 g/mol. The number of methoxy groups -OCH3 is 1. The van der Waals surface area contributed by atoms with Gasteiger partial charge in [0.25, 0.3) is 0 Å². The highest BCUT2D eigenvalue weighted by molar-refractivity contribution is 6.30. The Morgan fingerprint density at radius 2 is 2.00 bits per heavy atom. The molecule has 0 bridgehead atoms. The Morgan fingerprint density at radius 3 is 2.53 bits per heavy atom. The first-order valence-corrected chi connectivity index (χ1v) is 5.71. The topological polar surface area (TPSA) is 61.7 Å². The Bertz CT molecular complexity index is 367.